The molecule has 4 aromatic carbocycles. The van der Waals surface area contributed by atoms with Crippen molar-refractivity contribution in [1.29, 1.82) is 0 Å². The van der Waals surface area contributed by atoms with E-state index in [-0.39, 0.29) is 44.3 Å². The number of benzene rings is 4. The van der Waals surface area contributed by atoms with E-state index < -0.39 is 40.0 Å². The molecule has 2 aliphatic rings. The summed E-state index contributed by atoms with van der Waals surface area (Å²) in [6, 6.07) is 28.9. The van der Waals surface area contributed by atoms with Crippen molar-refractivity contribution in [3.63, 3.8) is 0 Å². The minimum absolute atomic E-state index is 0.0166. The Labute approximate surface area is 266 Å². The maximum atomic E-state index is 13.7. The van der Waals surface area contributed by atoms with Gasteiger partial charge in [-0.05, 0) is 52.1 Å². The van der Waals surface area contributed by atoms with E-state index in [1.807, 2.05) is 66.7 Å². The van der Waals surface area contributed by atoms with Crippen LogP contribution in [0.1, 0.15) is 40.7 Å². The molecule has 2 atom stereocenters. The van der Waals surface area contributed by atoms with E-state index in [2.05, 4.69) is 12.1 Å². The molecule has 1 aliphatic carbocycles. The van der Waals surface area contributed by atoms with Crippen LogP contribution in [0.15, 0.2) is 103 Å². The highest BCUT2D eigenvalue weighted by molar-refractivity contribution is 7.88. The van der Waals surface area contributed by atoms with Gasteiger partial charge in [-0.25, -0.2) is 13.2 Å². The fourth-order valence-electron chi connectivity index (χ4n) is 6.30. The number of piperazine rings is 1. The minimum atomic E-state index is -4.49. The molecule has 240 valence electrons. The zero-order valence-corrected chi connectivity index (χ0v) is 25.9. The highest BCUT2D eigenvalue weighted by atomic mass is 32.2. The summed E-state index contributed by atoms with van der Waals surface area (Å²) in [7, 11) is -3.57. The highest BCUT2D eigenvalue weighted by Crippen LogP contribution is 2.44. The number of amides is 1. The number of ether oxygens (including phenoxy) is 2. The Bertz CT molecular complexity index is 1750. The van der Waals surface area contributed by atoms with Gasteiger partial charge in [0.25, 0.3) is 0 Å². The summed E-state index contributed by atoms with van der Waals surface area (Å²) in [4.78, 5) is 15.3. The molecule has 0 aromatic heterocycles. The zero-order chi connectivity index (χ0) is 32.5. The molecule has 1 amide bonds. The summed E-state index contributed by atoms with van der Waals surface area (Å²) in [5.41, 5.74) is 4.28. The molecule has 0 bridgehead atoms. The molecule has 0 N–H and O–H groups in total. The first-order valence-corrected chi connectivity index (χ1v) is 16.8. The molecule has 1 heterocycles. The van der Waals surface area contributed by atoms with Gasteiger partial charge in [0, 0.05) is 32.0 Å². The van der Waals surface area contributed by atoms with Crippen molar-refractivity contribution < 1.29 is 35.9 Å². The smallest absolute Gasteiger partial charge is 0.416 e. The summed E-state index contributed by atoms with van der Waals surface area (Å²) in [5.74, 6) is 0.0671. The molecule has 0 saturated carbocycles. The molecule has 0 radical (unpaired) electrons. The average molecular weight is 651 g/mol. The predicted molar refractivity (Wildman–Crippen MR) is 168 cm³/mol. The van der Waals surface area contributed by atoms with E-state index in [0.29, 0.717) is 0 Å². The zero-order valence-electron chi connectivity index (χ0n) is 25.1. The van der Waals surface area contributed by atoms with Gasteiger partial charge in [-0.3, -0.25) is 0 Å². The van der Waals surface area contributed by atoms with Crippen LogP contribution in [0.5, 0.6) is 5.75 Å². The lowest BCUT2D eigenvalue weighted by Crippen LogP contribution is -2.57. The van der Waals surface area contributed by atoms with Crippen molar-refractivity contribution >= 4 is 16.1 Å². The van der Waals surface area contributed by atoms with Gasteiger partial charge in [0.15, 0.2) is 0 Å². The Kier molecular flexibility index (Phi) is 8.80. The predicted octanol–water partition coefficient (Wildman–Crippen LogP) is 7.11. The van der Waals surface area contributed by atoms with Crippen molar-refractivity contribution in [2.24, 2.45) is 0 Å². The van der Waals surface area contributed by atoms with Crippen LogP contribution in [0, 0.1) is 0 Å². The van der Waals surface area contributed by atoms with E-state index in [0.717, 1.165) is 46.2 Å². The van der Waals surface area contributed by atoms with Gasteiger partial charge in [-0.2, -0.15) is 17.5 Å². The molecule has 4 aromatic rings. The maximum absolute atomic E-state index is 13.7. The number of nitrogens with zero attached hydrogens (tertiary/aromatic N) is 2. The summed E-state index contributed by atoms with van der Waals surface area (Å²) in [5, 5.41) is 0. The van der Waals surface area contributed by atoms with Crippen molar-refractivity contribution in [2.75, 3.05) is 32.5 Å². The lowest BCUT2D eigenvalue weighted by Gasteiger charge is -2.41. The third-order valence-corrected chi connectivity index (χ3v) is 9.87. The molecular weight excluding hydrogens is 617 g/mol. The van der Waals surface area contributed by atoms with E-state index in [1.165, 1.54) is 16.4 Å². The average Bonchev–Trinajstić information content (AvgIpc) is 3.36. The lowest BCUT2D eigenvalue weighted by molar-refractivity contribution is -0.137. The number of carbonyl (C=O) groups excluding carboxylic acids is 1. The van der Waals surface area contributed by atoms with Gasteiger partial charge in [-0.1, -0.05) is 78.9 Å². The molecule has 1 saturated heterocycles. The first kappa shape index (κ1) is 31.6. The monoisotopic (exact) mass is 650 g/mol. The second-order valence-electron chi connectivity index (χ2n) is 11.5. The lowest BCUT2D eigenvalue weighted by atomic mass is 9.98. The molecule has 2 unspecified atom stereocenters. The van der Waals surface area contributed by atoms with Crippen LogP contribution in [0.25, 0.3) is 11.1 Å². The SMILES string of the molecule is CS(=O)(=O)N1CCN(C(=O)OCC2c3ccccc3-c3ccccc32)C(CC(Oc2ccc(C(F)(F)F)cc2)c2ccccc2)C1. The quantitative estimate of drug-likeness (QED) is 0.203. The number of halogens is 3. The Hall–Kier alpha value is -4.35. The molecule has 6 rings (SSSR count). The van der Waals surface area contributed by atoms with Gasteiger partial charge in [0.1, 0.15) is 18.5 Å². The van der Waals surface area contributed by atoms with E-state index >= 15 is 0 Å². The van der Waals surface area contributed by atoms with Gasteiger partial charge in [0.2, 0.25) is 10.0 Å². The number of carbonyl (C=O) groups is 1. The normalized spacial score (nSPS) is 17.7. The summed E-state index contributed by atoms with van der Waals surface area (Å²) in [6.07, 6.45) is -4.47. The van der Waals surface area contributed by atoms with Gasteiger partial charge >= 0.3 is 12.3 Å². The van der Waals surface area contributed by atoms with Crippen LogP contribution in [-0.4, -0.2) is 62.3 Å². The fraction of sp³-hybridized carbons (Fsp3) is 0.286. The Morgan fingerprint density at radius 2 is 1.43 bits per heavy atom. The molecule has 11 heteroatoms. The molecular formula is C35H33F3N2O5S. The molecule has 46 heavy (non-hydrogen) atoms. The third-order valence-electron chi connectivity index (χ3n) is 8.60. The van der Waals surface area contributed by atoms with E-state index in [1.54, 1.807) is 4.90 Å². The van der Waals surface area contributed by atoms with E-state index in [9.17, 15) is 26.4 Å². The minimum Gasteiger partial charge on any atom is -0.486 e. The van der Waals surface area contributed by atoms with Gasteiger partial charge in [0.05, 0.1) is 17.9 Å². The first-order chi connectivity index (χ1) is 22.0. The van der Waals surface area contributed by atoms with Crippen LogP contribution in [0.3, 0.4) is 0 Å². The topological polar surface area (TPSA) is 76.2 Å². The van der Waals surface area contributed by atoms with Crippen molar-refractivity contribution in [1.82, 2.24) is 9.21 Å². The van der Waals surface area contributed by atoms with Crippen LogP contribution in [0.2, 0.25) is 0 Å². The second kappa shape index (κ2) is 12.8. The Morgan fingerprint density at radius 1 is 0.848 bits per heavy atom. The largest absolute Gasteiger partial charge is 0.486 e. The van der Waals surface area contributed by atoms with Crippen molar-refractivity contribution in [3.8, 4) is 16.9 Å². The summed E-state index contributed by atoms with van der Waals surface area (Å²) < 4.78 is 78.2. The fourth-order valence-corrected chi connectivity index (χ4v) is 7.16. The number of fused-ring (bicyclic) bond motifs is 3. The number of alkyl halides is 3. The van der Waals surface area contributed by atoms with Crippen molar-refractivity contribution in [3.05, 3.63) is 125 Å². The standard InChI is InChI=1S/C35H33F3N2O5S/c1-46(42,43)39-19-20-40(34(41)44-23-32-30-13-7-5-11-28(30)29-12-6-8-14-31(29)32)26(22-39)21-33(24-9-3-2-4-10-24)45-27-17-15-25(16-18-27)35(36,37)38/h2-18,26,32-33H,19-23H2,1H3. The van der Waals surface area contributed by atoms with Crippen LogP contribution in [0.4, 0.5) is 18.0 Å². The maximum Gasteiger partial charge on any atom is 0.416 e. The number of hydrogen-bond acceptors (Lipinski definition) is 5. The molecule has 7 nitrogen and oxygen atoms in total. The van der Waals surface area contributed by atoms with Gasteiger partial charge < -0.3 is 14.4 Å². The van der Waals surface area contributed by atoms with Crippen LogP contribution < -0.4 is 4.74 Å². The van der Waals surface area contributed by atoms with Crippen LogP contribution in [-0.2, 0) is 20.9 Å². The van der Waals surface area contributed by atoms with Crippen LogP contribution >= 0.6 is 0 Å². The molecule has 1 aliphatic heterocycles. The number of hydrogen-bond donors (Lipinski definition) is 0. The Morgan fingerprint density at radius 3 is 2.02 bits per heavy atom. The first-order valence-electron chi connectivity index (χ1n) is 14.9. The molecule has 0 spiro atoms. The number of rotatable bonds is 8. The second-order valence-corrected chi connectivity index (χ2v) is 13.5. The summed E-state index contributed by atoms with van der Waals surface area (Å²) >= 11 is 0. The third kappa shape index (κ3) is 6.75. The van der Waals surface area contributed by atoms with Gasteiger partial charge in [-0.15, -0.1) is 0 Å². The van der Waals surface area contributed by atoms with E-state index in [4.69, 9.17) is 9.47 Å². The van der Waals surface area contributed by atoms with Crippen molar-refractivity contribution in [2.45, 2.75) is 30.7 Å². The highest BCUT2D eigenvalue weighted by Gasteiger charge is 2.38. The molecule has 1 fully saturated rings. The summed E-state index contributed by atoms with van der Waals surface area (Å²) in [6.45, 7) is 0.338. The Balaban J connectivity index is 1.24. The number of sulfonamides is 1.